The first-order chi connectivity index (χ1) is 10.5. The maximum atomic E-state index is 5.93. The van der Waals surface area contributed by atoms with E-state index in [0.29, 0.717) is 0 Å². The highest BCUT2D eigenvalue weighted by Gasteiger charge is 2.13. The predicted octanol–water partition coefficient (Wildman–Crippen LogP) is 3.54. The molecule has 1 aromatic heterocycles. The zero-order valence-electron chi connectivity index (χ0n) is 12.5. The van der Waals surface area contributed by atoms with E-state index in [9.17, 15) is 0 Å². The van der Waals surface area contributed by atoms with Crippen LogP contribution in [0.2, 0.25) is 5.02 Å². The van der Waals surface area contributed by atoms with Crippen LogP contribution in [0.25, 0.3) is 11.4 Å². The molecule has 2 aromatic carbocycles. The van der Waals surface area contributed by atoms with Gasteiger partial charge < -0.3 is 0 Å². The number of nitrogens with zero attached hydrogens (tertiary/aromatic N) is 3. The second-order valence-electron chi connectivity index (χ2n) is 5.32. The summed E-state index contributed by atoms with van der Waals surface area (Å²) in [6, 6.07) is 14.0. The number of hydrogen-bond donors (Lipinski definition) is 0. The minimum absolute atomic E-state index is 0.735. The molecular weight excluding hydrogens is 313 g/mol. The lowest BCUT2D eigenvalue weighted by Gasteiger charge is -2.04. The minimum atomic E-state index is 0.735. The molecule has 1 heterocycles. The third kappa shape index (κ3) is 3.06. The van der Waals surface area contributed by atoms with E-state index < -0.39 is 0 Å². The van der Waals surface area contributed by atoms with E-state index in [1.807, 2.05) is 42.1 Å². The van der Waals surface area contributed by atoms with Crippen molar-refractivity contribution in [3.8, 4) is 11.4 Å². The van der Waals surface area contributed by atoms with Crippen molar-refractivity contribution in [3.05, 3.63) is 64.4 Å². The summed E-state index contributed by atoms with van der Waals surface area (Å²) in [6.45, 7) is 2.08. The van der Waals surface area contributed by atoms with Crippen molar-refractivity contribution in [1.29, 1.82) is 0 Å². The summed E-state index contributed by atoms with van der Waals surface area (Å²) in [4.78, 5) is 4.72. The normalized spacial score (nSPS) is 10.9. The largest absolute Gasteiger partial charge is 0.252 e. The van der Waals surface area contributed by atoms with Crippen molar-refractivity contribution >= 4 is 26.1 Å². The van der Waals surface area contributed by atoms with Crippen LogP contribution in [0.3, 0.4) is 0 Å². The first kappa shape index (κ1) is 15.2. The molecule has 3 rings (SSSR count). The summed E-state index contributed by atoms with van der Waals surface area (Å²) in [5.41, 5.74) is 3.43. The molecule has 0 N–H and O–H groups in total. The van der Waals surface area contributed by atoms with E-state index in [2.05, 4.69) is 33.4 Å². The third-order valence-electron chi connectivity index (χ3n) is 3.66. The SMILES string of the molecule is Cc1cccc(P)c1-c1nc(Cc2ccc(Cl)cc2)n(C)n1. The van der Waals surface area contributed by atoms with Crippen molar-refractivity contribution in [1.82, 2.24) is 14.8 Å². The Balaban J connectivity index is 1.96. The van der Waals surface area contributed by atoms with Crippen molar-refractivity contribution in [2.24, 2.45) is 7.05 Å². The fourth-order valence-electron chi connectivity index (χ4n) is 2.46. The molecule has 0 aliphatic heterocycles. The topological polar surface area (TPSA) is 30.7 Å². The van der Waals surface area contributed by atoms with E-state index >= 15 is 0 Å². The maximum Gasteiger partial charge on any atom is 0.182 e. The van der Waals surface area contributed by atoms with Crippen molar-refractivity contribution < 1.29 is 0 Å². The van der Waals surface area contributed by atoms with Gasteiger partial charge in [0.25, 0.3) is 0 Å². The van der Waals surface area contributed by atoms with Gasteiger partial charge in [0.05, 0.1) is 0 Å². The van der Waals surface area contributed by atoms with Gasteiger partial charge in [0.1, 0.15) is 5.82 Å². The van der Waals surface area contributed by atoms with E-state index in [1.165, 1.54) is 11.1 Å². The predicted molar refractivity (Wildman–Crippen MR) is 94.8 cm³/mol. The van der Waals surface area contributed by atoms with Crippen LogP contribution in [0.5, 0.6) is 0 Å². The smallest absolute Gasteiger partial charge is 0.182 e. The van der Waals surface area contributed by atoms with Crippen LogP contribution in [0.1, 0.15) is 17.0 Å². The van der Waals surface area contributed by atoms with E-state index in [0.717, 1.165) is 34.0 Å². The number of halogens is 1. The van der Waals surface area contributed by atoms with Crippen molar-refractivity contribution in [2.45, 2.75) is 13.3 Å². The molecule has 22 heavy (non-hydrogen) atoms. The van der Waals surface area contributed by atoms with Gasteiger partial charge in [-0.05, 0) is 35.5 Å². The molecule has 0 fully saturated rings. The minimum Gasteiger partial charge on any atom is -0.252 e. The Hall–Kier alpha value is -1.70. The lowest BCUT2D eigenvalue weighted by Crippen LogP contribution is -2.01. The Labute approximate surface area is 137 Å². The number of aromatic nitrogens is 3. The molecule has 1 unspecified atom stereocenters. The summed E-state index contributed by atoms with van der Waals surface area (Å²) >= 11 is 5.93. The van der Waals surface area contributed by atoms with Gasteiger partial charge in [0.2, 0.25) is 0 Å². The molecule has 5 heteroatoms. The van der Waals surface area contributed by atoms with Crippen LogP contribution in [-0.2, 0) is 13.5 Å². The van der Waals surface area contributed by atoms with Gasteiger partial charge in [0, 0.05) is 24.1 Å². The Morgan fingerprint density at radius 2 is 1.86 bits per heavy atom. The average molecular weight is 330 g/mol. The van der Waals surface area contributed by atoms with E-state index in [-0.39, 0.29) is 0 Å². The van der Waals surface area contributed by atoms with Crippen LogP contribution < -0.4 is 5.30 Å². The molecule has 0 aliphatic carbocycles. The van der Waals surface area contributed by atoms with Gasteiger partial charge >= 0.3 is 0 Å². The molecule has 0 saturated heterocycles. The molecule has 0 bridgehead atoms. The second kappa shape index (κ2) is 6.20. The molecule has 0 saturated carbocycles. The lowest BCUT2D eigenvalue weighted by molar-refractivity contribution is 0.717. The molecular formula is C17H17ClN3P. The quantitative estimate of drug-likeness (QED) is 0.688. The van der Waals surface area contributed by atoms with Crippen LogP contribution in [0.15, 0.2) is 42.5 Å². The van der Waals surface area contributed by atoms with Gasteiger partial charge in [0.15, 0.2) is 5.82 Å². The fourth-order valence-corrected chi connectivity index (χ4v) is 3.05. The van der Waals surface area contributed by atoms with Gasteiger partial charge in [-0.25, -0.2) is 4.98 Å². The second-order valence-corrected chi connectivity index (χ2v) is 6.38. The van der Waals surface area contributed by atoms with Gasteiger partial charge in [-0.2, -0.15) is 5.10 Å². The molecule has 3 nitrogen and oxygen atoms in total. The maximum absolute atomic E-state index is 5.93. The molecule has 1 atom stereocenters. The molecule has 0 radical (unpaired) electrons. The average Bonchev–Trinajstić information content (AvgIpc) is 2.82. The fraction of sp³-hybridized carbons (Fsp3) is 0.176. The summed E-state index contributed by atoms with van der Waals surface area (Å²) in [6.07, 6.45) is 0.735. The lowest BCUT2D eigenvalue weighted by atomic mass is 10.1. The highest BCUT2D eigenvalue weighted by molar-refractivity contribution is 7.28. The first-order valence-electron chi connectivity index (χ1n) is 7.04. The monoisotopic (exact) mass is 329 g/mol. The van der Waals surface area contributed by atoms with Gasteiger partial charge in [-0.3, -0.25) is 4.68 Å². The number of rotatable bonds is 3. The summed E-state index contributed by atoms with van der Waals surface area (Å²) in [5.74, 6) is 1.71. The zero-order chi connectivity index (χ0) is 15.7. The number of hydrogen-bond acceptors (Lipinski definition) is 2. The Bertz CT molecular complexity index is 789. The van der Waals surface area contributed by atoms with Gasteiger partial charge in [-0.1, -0.05) is 41.9 Å². The Morgan fingerprint density at radius 3 is 2.55 bits per heavy atom. The zero-order valence-corrected chi connectivity index (χ0v) is 14.5. The number of benzene rings is 2. The van der Waals surface area contributed by atoms with Crippen LogP contribution in [0.4, 0.5) is 0 Å². The number of aryl methyl sites for hydroxylation is 2. The first-order valence-corrected chi connectivity index (χ1v) is 8.00. The van der Waals surface area contributed by atoms with Crippen molar-refractivity contribution in [3.63, 3.8) is 0 Å². The Morgan fingerprint density at radius 1 is 1.14 bits per heavy atom. The van der Waals surface area contributed by atoms with Crippen LogP contribution in [0, 0.1) is 6.92 Å². The van der Waals surface area contributed by atoms with E-state index in [4.69, 9.17) is 16.6 Å². The molecule has 0 aliphatic rings. The van der Waals surface area contributed by atoms with Gasteiger partial charge in [-0.15, -0.1) is 9.24 Å². The molecule has 0 spiro atoms. The standard InChI is InChI=1S/C17H17ClN3P/c1-11-4-3-5-14(22)16(11)17-19-15(21(2)20-17)10-12-6-8-13(18)9-7-12/h3-9H,10,22H2,1-2H3. The van der Waals surface area contributed by atoms with Crippen molar-refractivity contribution in [2.75, 3.05) is 0 Å². The van der Waals surface area contributed by atoms with Crippen LogP contribution in [-0.4, -0.2) is 14.8 Å². The Kier molecular flexibility index (Phi) is 4.28. The molecule has 0 amide bonds. The highest BCUT2D eigenvalue weighted by Crippen LogP contribution is 2.21. The molecule has 3 aromatic rings. The third-order valence-corrected chi connectivity index (χ3v) is 4.39. The summed E-state index contributed by atoms with van der Waals surface area (Å²) in [5, 5.41) is 6.44. The van der Waals surface area contributed by atoms with Crippen LogP contribution >= 0.6 is 20.8 Å². The highest BCUT2D eigenvalue weighted by atomic mass is 35.5. The molecule has 112 valence electrons. The summed E-state index contributed by atoms with van der Waals surface area (Å²) < 4.78 is 1.85. The van der Waals surface area contributed by atoms with E-state index in [1.54, 1.807) is 0 Å². The summed E-state index contributed by atoms with van der Waals surface area (Å²) in [7, 11) is 4.69.